The molecule has 35 heavy (non-hydrogen) atoms. The van der Waals surface area contributed by atoms with Crippen molar-refractivity contribution in [1.29, 1.82) is 0 Å². The quantitative estimate of drug-likeness (QED) is 0.332. The van der Waals surface area contributed by atoms with Crippen molar-refractivity contribution < 1.29 is 19.1 Å². The zero-order valence-electron chi connectivity index (χ0n) is 19.9. The van der Waals surface area contributed by atoms with Crippen molar-refractivity contribution in [3.05, 3.63) is 70.8 Å². The van der Waals surface area contributed by atoms with E-state index in [1.54, 1.807) is 49.5 Å². The predicted molar refractivity (Wildman–Crippen MR) is 131 cm³/mol. The first-order valence-electron chi connectivity index (χ1n) is 11.3. The molecule has 10 nitrogen and oxygen atoms in total. The molecule has 0 amide bonds. The minimum Gasteiger partial charge on any atom is -0.427 e. The van der Waals surface area contributed by atoms with E-state index in [0.717, 1.165) is 0 Å². The summed E-state index contributed by atoms with van der Waals surface area (Å²) in [7, 11) is 0. The highest BCUT2D eigenvalue weighted by molar-refractivity contribution is 6.02. The number of pyridine rings is 1. The summed E-state index contributed by atoms with van der Waals surface area (Å²) in [5.41, 5.74) is 6.54. The standard InChI is InChI=1S/C25H29N5O5/c1-4-30-23(31)22(28-18-11-8-12-27-14-18)20(21(29-30)17-9-6-5-7-10-17)25(33)35-15-34-24(32)19(26)13-16(2)3/h5-12,14,16,19,28H,4,13,15,26H2,1-3H3/t19-/m0/s1. The van der Waals surface area contributed by atoms with Gasteiger partial charge < -0.3 is 20.5 Å². The number of ether oxygens (including phenoxy) is 2. The van der Waals surface area contributed by atoms with E-state index in [-0.39, 0.29) is 29.4 Å². The number of esters is 2. The number of hydrogen-bond acceptors (Lipinski definition) is 9. The second kappa shape index (κ2) is 11.9. The van der Waals surface area contributed by atoms with Gasteiger partial charge in [-0.05, 0) is 31.4 Å². The Labute approximate surface area is 203 Å². The highest BCUT2D eigenvalue weighted by atomic mass is 16.7. The highest BCUT2D eigenvalue weighted by Gasteiger charge is 2.26. The predicted octanol–water partition coefficient (Wildman–Crippen LogP) is 3.10. The molecule has 2 aromatic heterocycles. The summed E-state index contributed by atoms with van der Waals surface area (Å²) >= 11 is 0. The van der Waals surface area contributed by atoms with Gasteiger partial charge in [-0.25, -0.2) is 9.48 Å². The number of nitrogens with two attached hydrogens (primary N) is 1. The van der Waals surface area contributed by atoms with Crippen molar-refractivity contribution in [1.82, 2.24) is 14.8 Å². The molecular weight excluding hydrogens is 450 g/mol. The highest BCUT2D eigenvalue weighted by Crippen LogP contribution is 2.27. The largest absolute Gasteiger partial charge is 0.427 e. The van der Waals surface area contributed by atoms with Crippen molar-refractivity contribution in [3.8, 4) is 11.3 Å². The minimum atomic E-state index is -0.881. The summed E-state index contributed by atoms with van der Waals surface area (Å²) in [6.45, 7) is 5.26. The third-order valence-electron chi connectivity index (χ3n) is 5.06. The van der Waals surface area contributed by atoms with Crippen molar-refractivity contribution in [2.45, 2.75) is 39.8 Å². The molecule has 3 N–H and O–H groups in total. The molecule has 184 valence electrons. The number of carbonyl (C=O) groups excluding carboxylic acids is 2. The van der Waals surface area contributed by atoms with Crippen LogP contribution in [-0.2, 0) is 20.8 Å². The first kappa shape index (κ1) is 25.6. The SMILES string of the molecule is CCn1nc(-c2ccccc2)c(C(=O)OCOC(=O)[C@@H](N)CC(C)C)c(Nc2cccnc2)c1=O. The number of aryl methyl sites for hydroxylation is 1. The summed E-state index contributed by atoms with van der Waals surface area (Å²) in [5.74, 6) is -1.36. The molecule has 3 aromatic rings. The van der Waals surface area contributed by atoms with E-state index in [1.807, 2.05) is 19.9 Å². The Morgan fingerprint density at radius 3 is 2.49 bits per heavy atom. The third kappa shape index (κ3) is 6.51. The molecule has 2 heterocycles. The Morgan fingerprint density at radius 2 is 1.86 bits per heavy atom. The molecule has 0 unspecified atom stereocenters. The molecule has 0 aliphatic rings. The van der Waals surface area contributed by atoms with Crippen LogP contribution in [0, 0.1) is 5.92 Å². The van der Waals surface area contributed by atoms with Gasteiger partial charge in [0.2, 0.25) is 6.79 Å². The normalized spacial score (nSPS) is 11.7. The minimum absolute atomic E-state index is 0.0264. The fourth-order valence-corrected chi connectivity index (χ4v) is 3.40. The lowest BCUT2D eigenvalue weighted by Crippen LogP contribution is -2.34. The monoisotopic (exact) mass is 479 g/mol. The first-order valence-corrected chi connectivity index (χ1v) is 11.3. The van der Waals surface area contributed by atoms with Gasteiger partial charge in [0.15, 0.2) is 0 Å². The van der Waals surface area contributed by atoms with E-state index in [0.29, 0.717) is 17.7 Å². The number of benzene rings is 1. The molecule has 0 saturated carbocycles. The molecule has 10 heteroatoms. The number of rotatable bonds is 10. The van der Waals surface area contributed by atoms with Crippen LogP contribution in [0.4, 0.5) is 11.4 Å². The number of aromatic nitrogens is 3. The van der Waals surface area contributed by atoms with E-state index in [2.05, 4.69) is 15.4 Å². The zero-order chi connectivity index (χ0) is 25.4. The number of hydrogen-bond donors (Lipinski definition) is 2. The van der Waals surface area contributed by atoms with Crippen LogP contribution in [0.5, 0.6) is 0 Å². The lowest BCUT2D eigenvalue weighted by molar-refractivity contribution is -0.154. The van der Waals surface area contributed by atoms with Gasteiger partial charge in [0.05, 0.1) is 11.9 Å². The lowest BCUT2D eigenvalue weighted by atomic mass is 10.0. The van der Waals surface area contributed by atoms with Crippen LogP contribution >= 0.6 is 0 Å². The maximum absolute atomic E-state index is 13.2. The molecule has 0 radical (unpaired) electrons. The smallest absolute Gasteiger partial charge is 0.345 e. The third-order valence-corrected chi connectivity index (χ3v) is 5.06. The molecule has 0 aliphatic carbocycles. The van der Waals surface area contributed by atoms with Crippen molar-refractivity contribution >= 4 is 23.3 Å². The Bertz CT molecular complexity index is 1210. The fraction of sp³-hybridized carbons (Fsp3) is 0.320. The van der Waals surface area contributed by atoms with Gasteiger partial charge in [-0.1, -0.05) is 44.2 Å². The molecule has 0 spiro atoms. The number of nitrogens with zero attached hydrogens (tertiary/aromatic N) is 3. The molecular formula is C25H29N5O5. The van der Waals surface area contributed by atoms with Crippen molar-refractivity contribution in [2.75, 3.05) is 12.1 Å². The first-order chi connectivity index (χ1) is 16.8. The number of anilines is 2. The van der Waals surface area contributed by atoms with Crippen LogP contribution in [0.2, 0.25) is 0 Å². The molecule has 0 bridgehead atoms. The van der Waals surface area contributed by atoms with Crippen LogP contribution in [-0.4, -0.2) is 39.5 Å². The Hall–Kier alpha value is -4.05. The van der Waals surface area contributed by atoms with E-state index >= 15 is 0 Å². The summed E-state index contributed by atoms with van der Waals surface area (Å²) in [4.78, 5) is 42.6. The fourth-order valence-electron chi connectivity index (χ4n) is 3.40. The molecule has 0 aliphatic heterocycles. The van der Waals surface area contributed by atoms with Gasteiger partial charge in [-0.3, -0.25) is 14.6 Å². The average Bonchev–Trinajstić information content (AvgIpc) is 2.85. The molecule has 0 saturated heterocycles. The van der Waals surface area contributed by atoms with E-state index in [1.165, 1.54) is 10.9 Å². The molecule has 3 rings (SSSR count). The van der Waals surface area contributed by atoms with Gasteiger partial charge in [0.1, 0.15) is 23.0 Å². The second-order valence-electron chi connectivity index (χ2n) is 8.20. The maximum Gasteiger partial charge on any atom is 0.345 e. The van der Waals surface area contributed by atoms with Crippen LogP contribution in [0.25, 0.3) is 11.3 Å². The lowest BCUT2D eigenvalue weighted by Gasteiger charge is -2.17. The van der Waals surface area contributed by atoms with E-state index < -0.39 is 30.3 Å². The second-order valence-corrected chi connectivity index (χ2v) is 8.20. The van der Waals surface area contributed by atoms with Gasteiger partial charge in [0, 0.05) is 18.3 Å². The van der Waals surface area contributed by atoms with Gasteiger partial charge in [-0.2, -0.15) is 5.10 Å². The summed E-state index contributed by atoms with van der Waals surface area (Å²) in [6.07, 6.45) is 3.54. The maximum atomic E-state index is 13.2. The number of carbonyl (C=O) groups is 2. The zero-order valence-corrected chi connectivity index (χ0v) is 19.9. The van der Waals surface area contributed by atoms with Crippen LogP contribution in [0.3, 0.4) is 0 Å². The molecule has 0 fully saturated rings. The van der Waals surface area contributed by atoms with E-state index in [4.69, 9.17) is 15.2 Å². The van der Waals surface area contributed by atoms with Gasteiger partial charge in [-0.15, -0.1) is 0 Å². The van der Waals surface area contributed by atoms with Crippen LogP contribution in [0.15, 0.2) is 59.7 Å². The van der Waals surface area contributed by atoms with Crippen molar-refractivity contribution in [3.63, 3.8) is 0 Å². The Morgan fingerprint density at radius 1 is 1.11 bits per heavy atom. The summed E-state index contributed by atoms with van der Waals surface area (Å²) in [6, 6.07) is 11.5. The van der Waals surface area contributed by atoms with Crippen LogP contribution < -0.4 is 16.6 Å². The Kier molecular flexibility index (Phi) is 8.69. The van der Waals surface area contributed by atoms with Gasteiger partial charge in [0.25, 0.3) is 5.56 Å². The van der Waals surface area contributed by atoms with E-state index in [9.17, 15) is 14.4 Å². The van der Waals surface area contributed by atoms with Crippen molar-refractivity contribution in [2.24, 2.45) is 11.7 Å². The number of nitrogens with one attached hydrogen (secondary N) is 1. The van der Waals surface area contributed by atoms with Crippen LogP contribution in [0.1, 0.15) is 37.6 Å². The summed E-state index contributed by atoms with van der Waals surface area (Å²) < 4.78 is 11.5. The topological polar surface area (TPSA) is 138 Å². The Balaban J connectivity index is 1.98. The van der Waals surface area contributed by atoms with Gasteiger partial charge >= 0.3 is 11.9 Å². The average molecular weight is 480 g/mol. The molecule has 1 aromatic carbocycles. The summed E-state index contributed by atoms with van der Waals surface area (Å²) in [5, 5.41) is 7.39. The molecule has 1 atom stereocenters.